The number of benzene rings is 2. The second-order valence-electron chi connectivity index (χ2n) is 6.38. The molecule has 0 radical (unpaired) electrons. The zero-order valence-electron chi connectivity index (χ0n) is 14.3. The van der Waals surface area contributed by atoms with Crippen molar-refractivity contribution >= 4 is 22.9 Å². The number of aryl methyl sites for hydroxylation is 1. The average Bonchev–Trinajstić information content (AvgIpc) is 2.79. The fourth-order valence-corrected chi connectivity index (χ4v) is 3.22. The van der Waals surface area contributed by atoms with Crippen LogP contribution >= 0.6 is 0 Å². The van der Waals surface area contributed by atoms with E-state index in [4.69, 9.17) is 10.1 Å². The quantitative estimate of drug-likeness (QED) is 0.885. The first-order valence-corrected chi connectivity index (χ1v) is 8.60. The zero-order valence-corrected chi connectivity index (χ0v) is 14.3. The summed E-state index contributed by atoms with van der Waals surface area (Å²) in [6, 6.07) is 14.6. The van der Waals surface area contributed by atoms with Gasteiger partial charge >= 0.3 is 0 Å². The first-order chi connectivity index (χ1) is 12.2. The summed E-state index contributed by atoms with van der Waals surface area (Å²) in [7, 11) is 0. The molecule has 2 N–H and O–H groups in total. The fourth-order valence-electron chi connectivity index (χ4n) is 3.22. The van der Waals surface area contributed by atoms with E-state index >= 15 is 0 Å². The highest BCUT2D eigenvalue weighted by molar-refractivity contribution is 6.08. The van der Waals surface area contributed by atoms with Crippen molar-refractivity contribution in [3.63, 3.8) is 0 Å². The Bertz CT molecular complexity index is 843. The number of aliphatic hydroxyl groups is 1. The van der Waals surface area contributed by atoms with Gasteiger partial charge in [0.05, 0.1) is 18.0 Å². The number of nitrogens with one attached hydrogen (secondary N) is 1. The highest BCUT2D eigenvalue weighted by Crippen LogP contribution is 2.35. The molecule has 0 unspecified atom stereocenters. The molecule has 5 nitrogen and oxygen atoms in total. The summed E-state index contributed by atoms with van der Waals surface area (Å²) in [5.74, 6) is 0.951. The molecular formula is C20H22N4O. The van der Waals surface area contributed by atoms with Crippen LogP contribution in [0, 0.1) is 6.92 Å². The number of rotatable bonds is 2. The molecule has 0 atom stereocenters. The van der Waals surface area contributed by atoms with E-state index in [-0.39, 0.29) is 6.61 Å². The molecule has 0 bridgehead atoms. The third-order valence-corrected chi connectivity index (χ3v) is 4.56. The number of fused-ring (bicyclic) bond motifs is 2. The molecule has 25 heavy (non-hydrogen) atoms. The van der Waals surface area contributed by atoms with Gasteiger partial charge in [0.15, 0.2) is 0 Å². The van der Waals surface area contributed by atoms with Crippen LogP contribution in [0.2, 0.25) is 0 Å². The lowest BCUT2D eigenvalue weighted by Crippen LogP contribution is -2.39. The number of β-amino-alcohol motifs (C(OH)–C–C–N with tert-alkyl or cyclic N) is 1. The van der Waals surface area contributed by atoms with Gasteiger partial charge in [0, 0.05) is 43.3 Å². The van der Waals surface area contributed by atoms with Crippen LogP contribution in [0.1, 0.15) is 11.1 Å². The molecule has 2 aromatic rings. The van der Waals surface area contributed by atoms with Gasteiger partial charge in [0.25, 0.3) is 0 Å². The maximum Gasteiger partial charge on any atom is 0.142 e. The Morgan fingerprint density at radius 3 is 2.76 bits per heavy atom. The Labute approximate surface area is 147 Å². The van der Waals surface area contributed by atoms with Crippen molar-refractivity contribution in [2.45, 2.75) is 6.92 Å². The van der Waals surface area contributed by atoms with Gasteiger partial charge in [-0.2, -0.15) is 0 Å². The normalized spacial score (nSPS) is 15.8. The van der Waals surface area contributed by atoms with Gasteiger partial charge in [0.2, 0.25) is 0 Å². The van der Waals surface area contributed by atoms with E-state index in [1.165, 1.54) is 5.56 Å². The average molecular weight is 334 g/mol. The van der Waals surface area contributed by atoms with Gasteiger partial charge in [0.1, 0.15) is 5.84 Å². The molecule has 5 heteroatoms. The lowest BCUT2D eigenvalue weighted by Gasteiger charge is -2.31. The van der Waals surface area contributed by atoms with Crippen LogP contribution < -0.4 is 5.32 Å². The Morgan fingerprint density at radius 2 is 1.96 bits per heavy atom. The number of anilines is 2. The zero-order chi connectivity index (χ0) is 17.2. The maximum atomic E-state index is 9.11. The summed E-state index contributed by atoms with van der Waals surface area (Å²) < 4.78 is 0. The Kier molecular flexibility index (Phi) is 4.15. The van der Waals surface area contributed by atoms with E-state index in [0.29, 0.717) is 6.54 Å². The van der Waals surface area contributed by atoms with Crippen molar-refractivity contribution in [2.75, 3.05) is 31.6 Å². The summed E-state index contributed by atoms with van der Waals surface area (Å²) in [5, 5.41) is 12.6. The van der Waals surface area contributed by atoms with Gasteiger partial charge in [-0.25, -0.2) is 4.99 Å². The molecule has 2 heterocycles. The first-order valence-electron chi connectivity index (χ1n) is 8.60. The molecule has 0 aromatic heterocycles. The molecule has 2 aromatic carbocycles. The van der Waals surface area contributed by atoms with Crippen molar-refractivity contribution in [1.29, 1.82) is 0 Å². The maximum absolute atomic E-state index is 9.11. The standard InChI is InChI=1S/C20H22N4O/c1-15-6-7-18-19(14-15)22-20(16-4-2-3-5-17(16)21-18)24-10-8-23(9-11-24)12-13-25/h2-8,10,14,21,25H,9,11-13H2,1H3. The van der Waals surface area contributed by atoms with Gasteiger partial charge in [-0.15, -0.1) is 0 Å². The van der Waals surface area contributed by atoms with Crippen LogP contribution in [-0.2, 0) is 0 Å². The van der Waals surface area contributed by atoms with Gasteiger partial charge in [-0.05, 0) is 36.8 Å². The minimum absolute atomic E-state index is 0.171. The lowest BCUT2D eigenvalue weighted by molar-refractivity contribution is 0.222. The number of aliphatic imine (C=N–C) groups is 1. The van der Waals surface area contributed by atoms with Crippen molar-refractivity contribution in [1.82, 2.24) is 9.80 Å². The third-order valence-electron chi connectivity index (χ3n) is 4.56. The number of amidine groups is 1. The Morgan fingerprint density at radius 1 is 1.08 bits per heavy atom. The van der Waals surface area contributed by atoms with Gasteiger partial charge < -0.3 is 20.2 Å². The molecule has 0 saturated heterocycles. The number of nitrogens with zero attached hydrogens (tertiary/aromatic N) is 3. The lowest BCUT2D eigenvalue weighted by atomic mass is 10.1. The molecule has 2 aliphatic heterocycles. The van der Waals surface area contributed by atoms with E-state index in [1.807, 2.05) is 18.3 Å². The topological polar surface area (TPSA) is 51.1 Å². The second-order valence-corrected chi connectivity index (χ2v) is 6.38. The number of hydrogen-bond acceptors (Lipinski definition) is 5. The summed E-state index contributed by atoms with van der Waals surface area (Å²) in [5.41, 5.74) is 5.33. The molecule has 0 spiro atoms. The monoisotopic (exact) mass is 334 g/mol. The van der Waals surface area contributed by atoms with Crippen LogP contribution in [-0.4, -0.2) is 47.0 Å². The van der Waals surface area contributed by atoms with E-state index in [0.717, 1.165) is 41.6 Å². The molecule has 0 aliphatic carbocycles. The molecular weight excluding hydrogens is 312 g/mol. The Hall–Kier alpha value is -2.79. The molecule has 0 fully saturated rings. The Balaban J connectivity index is 1.78. The van der Waals surface area contributed by atoms with Crippen LogP contribution in [0.25, 0.3) is 0 Å². The number of aliphatic hydroxyl groups excluding tert-OH is 1. The van der Waals surface area contributed by atoms with Crippen molar-refractivity contribution in [3.05, 3.63) is 66.0 Å². The predicted octanol–water partition coefficient (Wildman–Crippen LogP) is 3.21. The molecule has 0 saturated carbocycles. The van der Waals surface area contributed by atoms with Crippen LogP contribution in [0.3, 0.4) is 0 Å². The highest BCUT2D eigenvalue weighted by Gasteiger charge is 2.22. The first kappa shape index (κ1) is 15.7. The SMILES string of the molecule is Cc1ccc2c(c1)N=C(N1C=CN(CCO)CC1)c1ccccc1N2. The molecule has 2 aliphatic rings. The summed E-state index contributed by atoms with van der Waals surface area (Å²) in [4.78, 5) is 9.30. The molecule has 0 amide bonds. The smallest absolute Gasteiger partial charge is 0.142 e. The van der Waals surface area contributed by atoms with E-state index in [9.17, 15) is 0 Å². The van der Waals surface area contributed by atoms with E-state index in [2.05, 4.69) is 58.6 Å². The number of para-hydroxylation sites is 1. The summed E-state index contributed by atoms with van der Waals surface area (Å²) in [6.45, 7) is 4.62. The third kappa shape index (κ3) is 3.10. The largest absolute Gasteiger partial charge is 0.395 e. The van der Waals surface area contributed by atoms with Crippen LogP contribution in [0.4, 0.5) is 17.1 Å². The highest BCUT2D eigenvalue weighted by atomic mass is 16.3. The minimum Gasteiger partial charge on any atom is -0.395 e. The van der Waals surface area contributed by atoms with Gasteiger partial charge in [-0.1, -0.05) is 18.2 Å². The summed E-state index contributed by atoms with van der Waals surface area (Å²) in [6.07, 6.45) is 4.08. The summed E-state index contributed by atoms with van der Waals surface area (Å²) >= 11 is 0. The van der Waals surface area contributed by atoms with Crippen molar-refractivity contribution < 1.29 is 5.11 Å². The predicted molar refractivity (Wildman–Crippen MR) is 102 cm³/mol. The van der Waals surface area contributed by atoms with Crippen LogP contribution in [0.15, 0.2) is 59.9 Å². The van der Waals surface area contributed by atoms with Crippen molar-refractivity contribution in [2.24, 2.45) is 4.99 Å². The molecule has 128 valence electrons. The van der Waals surface area contributed by atoms with E-state index < -0.39 is 0 Å². The number of hydrogen-bond donors (Lipinski definition) is 2. The molecule has 4 rings (SSSR count). The minimum atomic E-state index is 0.171. The second kappa shape index (κ2) is 6.61. The fraction of sp³-hybridized carbons (Fsp3) is 0.250. The van der Waals surface area contributed by atoms with Gasteiger partial charge in [-0.3, -0.25) is 0 Å². The van der Waals surface area contributed by atoms with Crippen LogP contribution in [0.5, 0.6) is 0 Å². The van der Waals surface area contributed by atoms with E-state index in [1.54, 1.807) is 0 Å². The van der Waals surface area contributed by atoms with Crippen molar-refractivity contribution in [3.8, 4) is 0 Å².